The minimum Gasteiger partial charge on any atom is -0.339 e. The van der Waals surface area contributed by atoms with Crippen molar-refractivity contribution in [2.75, 3.05) is 7.05 Å². The number of halogens is 1. The van der Waals surface area contributed by atoms with Crippen molar-refractivity contribution in [3.63, 3.8) is 0 Å². The van der Waals surface area contributed by atoms with Gasteiger partial charge in [-0.1, -0.05) is 29.8 Å². The van der Waals surface area contributed by atoms with Crippen molar-refractivity contribution in [2.45, 2.75) is 68.3 Å². The van der Waals surface area contributed by atoms with Crippen molar-refractivity contribution in [1.82, 2.24) is 10.2 Å². The number of hydrogen-bond donors (Lipinski definition) is 1. The summed E-state index contributed by atoms with van der Waals surface area (Å²) in [7, 11) is 1.98. The standard InChI is InChI=1S/C24H30N2OS.ClH/c1-16-7-10-23(17(2)11-16)28-15-18-5-4-6-19(12-18)24(27)26(3)22-13-20-8-9-21(14-22)25-20;/h4-7,10-12,20-22,25H,8-9,13-15H2,1-3H3;1H. The first kappa shape index (κ1) is 22.2. The van der Waals surface area contributed by atoms with Gasteiger partial charge in [0.2, 0.25) is 0 Å². The van der Waals surface area contributed by atoms with E-state index in [1.807, 2.05) is 35.8 Å². The number of piperidine rings is 1. The minimum absolute atomic E-state index is 0. The molecule has 0 aliphatic carbocycles. The summed E-state index contributed by atoms with van der Waals surface area (Å²) >= 11 is 1.84. The van der Waals surface area contributed by atoms with E-state index >= 15 is 0 Å². The Balaban J connectivity index is 0.00000240. The van der Waals surface area contributed by atoms with Crippen molar-refractivity contribution in [2.24, 2.45) is 0 Å². The number of hydrogen-bond acceptors (Lipinski definition) is 3. The zero-order valence-corrected chi connectivity index (χ0v) is 19.1. The maximum Gasteiger partial charge on any atom is 0.253 e. The van der Waals surface area contributed by atoms with Crippen LogP contribution in [-0.2, 0) is 5.75 Å². The van der Waals surface area contributed by atoms with Gasteiger partial charge >= 0.3 is 0 Å². The molecule has 0 radical (unpaired) electrons. The maximum absolute atomic E-state index is 13.1. The van der Waals surface area contributed by atoms with Crippen LogP contribution in [0, 0.1) is 13.8 Å². The van der Waals surface area contributed by atoms with E-state index in [1.165, 1.54) is 34.4 Å². The van der Waals surface area contributed by atoms with Crippen LogP contribution < -0.4 is 5.32 Å². The molecule has 2 unspecified atom stereocenters. The number of nitrogens with zero attached hydrogens (tertiary/aromatic N) is 1. The predicted molar refractivity (Wildman–Crippen MR) is 124 cm³/mol. The molecule has 2 aromatic carbocycles. The zero-order chi connectivity index (χ0) is 19.7. The van der Waals surface area contributed by atoms with Crippen LogP contribution in [0.4, 0.5) is 0 Å². The molecule has 0 saturated carbocycles. The number of carbonyl (C=O) groups is 1. The van der Waals surface area contributed by atoms with Gasteiger partial charge in [0.25, 0.3) is 5.91 Å². The van der Waals surface area contributed by atoms with Crippen LogP contribution in [-0.4, -0.2) is 36.0 Å². The van der Waals surface area contributed by atoms with Gasteiger partial charge < -0.3 is 10.2 Å². The fourth-order valence-corrected chi connectivity index (χ4v) is 5.58. The first-order valence-corrected chi connectivity index (χ1v) is 11.3. The second-order valence-electron chi connectivity index (χ2n) is 8.44. The Kier molecular flexibility index (Phi) is 7.31. The Bertz CT molecular complexity index is 860. The van der Waals surface area contributed by atoms with Gasteiger partial charge in [-0.05, 0) is 68.9 Å². The highest BCUT2D eigenvalue weighted by atomic mass is 35.5. The van der Waals surface area contributed by atoms with Crippen molar-refractivity contribution < 1.29 is 4.79 Å². The van der Waals surface area contributed by atoms with Gasteiger partial charge in [-0.15, -0.1) is 24.2 Å². The van der Waals surface area contributed by atoms with Crippen LogP contribution in [0.2, 0.25) is 0 Å². The summed E-state index contributed by atoms with van der Waals surface area (Å²) < 4.78 is 0. The molecule has 1 N–H and O–H groups in total. The summed E-state index contributed by atoms with van der Waals surface area (Å²) in [6.45, 7) is 4.29. The molecule has 2 atom stereocenters. The summed E-state index contributed by atoms with van der Waals surface area (Å²) in [6.07, 6.45) is 4.69. The van der Waals surface area contributed by atoms with Gasteiger partial charge in [0.1, 0.15) is 0 Å². The molecule has 0 spiro atoms. The lowest BCUT2D eigenvalue weighted by atomic mass is 9.98. The van der Waals surface area contributed by atoms with E-state index in [0.717, 1.165) is 24.2 Å². The van der Waals surface area contributed by atoms with Gasteiger partial charge in [-0.3, -0.25) is 4.79 Å². The monoisotopic (exact) mass is 430 g/mol. The summed E-state index contributed by atoms with van der Waals surface area (Å²) in [5.41, 5.74) is 4.63. The molecule has 2 aliphatic heterocycles. The Labute approximate surface area is 185 Å². The fourth-order valence-electron chi connectivity index (χ4n) is 4.63. The van der Waals surface area contributed by atoms with E-state index in [0.29, 0.717) is 18.1 Å². The molecule has 2 aliphatic rings. The summed E-state index contributed by atoms with van der Waals surface area (Å²) in [5.74, 6) is 1.04. The van der Waals surface area contributed by atoms with Crippen molar-refractivity contribution >= 4 is 30.1 Å². The molecule has 29 heavy (non-hydrogen) atoms. The maximum atomic E-state index is 13.1. The van der Waals surface area contributed by atoms with Crippen LogP contribution in [0.5, 0.6) is 0 Å². The van der Waals surface area contributed by atoms with Crippen LogP contribution >= 0.6 is 24.2 Å². The lowest BCUT2D eigenvalue weighted by molar-refractivity contribution is 0.0681. The lowest BCUT2D eigenvalue weighted by Crippen LogP contribution is -2.48. The molecule has 2 aromatic rings. The summed E-state index contributed by atoms with van der Waals surface area (Å²) in [6, 6.07) is 16.3. The summed E-state index contributed by atoms with van der Waals surface area (Å²) in [5, 5.41) is 3.66. The number of rotatable bonds is 5. The molecule has 2 fully saturated rings. The first-order valence-electron chi connectivity index (χ1n) is 10.3. The van der Waals surface area contributed by atoms with Gasteiger partial charge in [0.05, 0.1) is 0 Å². The van der Waals surface area contributed by atoms with Gasteiger partial charge in [0, 0.05) is 41.4 Å². The second kappa shape index (κ2) is 9.55. The smallest absolute Gasteiger partial charge is 0.253 e. The lowest BCUT2D eigenvalue weighted by Gasteiger charge is -2.35. The average Bonchev–Trinajstić information content (AvgIpc) is 3.04. The van der Waals surface area contributed by atoms with Crippen LogP contribution in [0.1, 0.15) is 52.7 Å². The Morgan fingerprint density at radius 3 is 2.52 bits per heavy atom. The quantitative estimate of drug-likeness (QED) is 0.647. The number of aryl methyl sites for hydroxylation is 2. The highest BCUT2D eigenvalue weighted by Crippen LogP contribution is 2.30. The molecular weight excluding hydrogens is 400 g/mol. The Morgan fingerprint density at radius 2 is 1.83 bits per heavy atom. The van der Waals surface area contributed by atoms with Crippen LogP contribution in [0.3, 0.4) is 0 Å². The fraction of sp³-hybridized carbons (Fsp3) is 0.458. The number of thioether (sulfide) groups is 1. The summed E-state index contributed by atoms with van der Waals surface area (Å²) in [4.78, 5) is 16.4. The number of nitrogens with one attached hydrogen (secondary N) is 1. The first-order chi connectivity index (χ1) is 13.5. The van der Waals surface area contributed by atoms with Crippen molar-refractivity contribution in [3.05, 3.63) is 64.7 Å². The van der Waals surface area contributed by atoms with Gasteiger partial charge in [0.15, 0.2) is 0 Å². The van der Waals surface area contributed by atoms with E-state index in [2.05, 4.69) is 49.5 Å². The highest BCUT2D eigenvalue weighted by molar-refractivity contribution is 7.98. The molecule has 2 heterocycles. The third kappa shape index (κ3) is 5.17. The Morgan fingerprint density at radius 1 is 1.10 bits per heavy atom. The molecule has 156 valence electrons. The molecule has 1 amide bonds. The van der Waals surface area contributed by atoms with Gasteiger partial charge in [-0.2, -0.15) is 0 Å². The van der Waals surface area contributed by atoms with E-state index in [4.69, 9.17) is 0 Å². The topological polar surface area (TPSA) is 32.3 Å². The van der Waals surface area contributed by atoms with Crippen LogP contribution in [0.15, 0.2) is 47.4 Å². The van der Waals surface area contributed by atoms with E-state index < -0.39 is 0 Å². The largest absolute Gasteiger partial charge is 0.339 e. The van der Waals surface area contributed by atoms with E-state index in [9.17, 15) is 4.79 Å². The number of amides is 1. The van der Waals surface area contributed by atoms with E-state index in [1.54, 1.807) is 0 Å². The number of benzene rings is 2. The van der Waals surface area contributed by atoms with E-state index in [-0.39, 0.29) is 18.3 Å². The SMILES string of the molecule is Cc1ccc(SCc2cccc(C(=O)N(C)C3CC4CCC(C3)N4)c2)c(C)c1.Cl. The zero-order valence-electron chi connectivity index (χ0n) is 17.5. The van der Waals surface area contributed by atoms with Gasteiger partial charge in [-0.25, -0.2) is 0 Å². The second-order valence-corrected chi connectivity index (χ2v) is 9.45. The molecule has 2 saturated heterocycles. The molecule has 5 heteroatoms. The van der Waals surface area contributed by atoms with Crippen LogP contribution in [0.25, 0.3) is 0 Å². The minimum atomic E-state index is 0. The van der Waals surface area contributed by atoms with Crippen molar-refractivity contribution in [1.29, 1.82) is 0 Å². The van der Waals surface area contributed by atoms with Crippen molar-refractivity contribution in [3.8, 4) is 0 Å². The molecule has 2 bridgehead atoms. The number of carbonyl (C=O) groups excluding carboxylic acids is 1. The molecule has 4 rings (SSSR count). The average molecular weight is 431 g/mol. The normalized spacial score (nSPS) is 22.8. The molecular formula is C24H31ClN2OS. The Hall–Kier alpha value is -1.49. The number of fused-ring (bicyclic) bond motifs is 2. The highest BCUT2D eigenvalue weighted by Gasteiger charge is 2.36. The third-order valence-electron chi connectivity index (χ3n) is 6.21. The molecule has 0 aromatic heterocycles. The predicted octanol–water partition coefficient (Wildman–Crippen LogP) is 5.37. The molecule has 3 nitrogen and oxygen atoms in total. The third-order valence-corrected chi connectivity index (χ3v) is 7.46.